The minimum Gasteiger partial charge on any atom is -0.338 e. The van der Waals surface area contributed by atoms with Gasteiger partial charge in [0, 0.05) is 19.1 Å². The number of benzene rings is 1. The number of hydrogen-bond acceptors (Lipinski definition) is 5. The van der Waals surface area contributed by atoms with Gasteiger partial charge in [0.1, 0.15) is 4.70 Å². The van der Waals surface area contributed by atoms with E-state index in [2.05, 4.69) is 4.98 Å². The SMILES string of the molecule is CC[C@H](C)n1c(SCC(=O)N(CC)Cc2ccccc2)nc2ccsc2c1=O. The van der Waals surface area contributed by atoms with Crippen LogP contribution in [0, 0.1) is 0 Å². The maximum Gasteiger partial charge on any atom is 0.272 e. The molecule has 0 aliphatic rings. The summed E-state index contributed by atoms with van der Waals surface area (Å²) in [5.74, 6) is 0.311. The van der Waals surface area contributed by atoms with Crippen molar-refractivity contribution >= 4 is 39.2 Å². The second kappa shape index (κ2) is 9.39. The van der Waals surface area contributed by atoms with Gasteiger partial charge in [-0.2, -0.15) is 0 Å². The third-order valence-electron chi connectivity index (χ3n) is 4.79. The molecule has 3 rings (SSSR count). The lowest BCUT2D eigenvalue weighted by Crippen LogP contribution is -2.32. The van der Waals surface area contributed by atoms with Crippen LogP contribution in [0.5, 0.6) is 0 Å². The summed E-state index contributed by atoms with van der Waals surface area (Å²) in [5.41, 5.74) is 1.80. The molecule has 0 unspecified atom stereocenters. The molecule has 3 aromatic rings. The Balaban J connectivity index is 1.80. The Kier molecular flexibility index (Phi) is 6.91. The lowest BCUT2D eigenvalue weighted by atomic mass is 10.2. The third kappa shape index (κ3) is 4.47. The van der Waals surface area contributed by atoms with Gasteiger partial charge in [0.15, 0.2) is 5.16 Å². The highest BCUT2D eigenvalue weighted by molar-refractivity contribution is 7.99. The van der Waals surface area contributed by atoms with E-state index < -0.39 is 0 Å². The minimum absolute atomic E-state index is 0.0130. The number of carbonyl (C=O) groups excluding carboxylic acids is 1. The predicted molar refractivity (Wildman–Crippen MR) is 117 cm³/mol. The van der Waals surface area contributed by atoms with Crippen molar-refractivity contribution in [2.75, 3.05) is 12.3 Å². The molecule has 0 saturated heterocycles. The van der Waals surface area contributed by atoms with Gasteiger partial charge in [0.2, 0.25) is 5.91 Å². The van der Waals surface area contributed by atoms with E-state index in [0.29, 0.717) is 28.5 Å². The van der Waals surface area contributed by atoms with Gasteiger partial charge in [0.05, 0.1) is 11.3 Å². The van der Waals surface area contributed by atoms with E-state index >= 15 is 0 Å². The fourth-order valence-electron chi connectivity index (χ4n) is 2.97. The summed E-state index contributed by atoms with van der Waals surface area (Å²) in [6, 6.07) is 11.9. The van der Waals surface area contributed by atoms with Crippen molar-refractivity contribution < 1.29 is 4.79 Å². The number of carbonyl (C=O) groups is 1. The zero-order valence-corrected chi connectivity index (χ0v) is 18.1. The summed E-state index contributed by atoms with van der Waals surface area (Å²) in [6.45, 7) is 7.28. The van der Waals surface area contributed by atoms with Crippen LogP contribution in [-0.4, -0.2) is 32.7 Å². The Bertz CT molecular complexity index is 998. The molecule has 2 heterocycles. The van der Waals surface area contributed by atoms with E-state index in [0.717, 1.165) is 12.0 Å². The van der Waals surface area contributed by atoms with Gasteiger partial charge in [0.25, 0.3) is 5.56 Å². The Morgan fingerprint density at radius 2 is 2.00 bits per heavy atom. The number of thiophene rings is 1. The summed E-state index contributed by atoms with van der Waals surface area (Å²) < 4.78 is 2.42. The van der Waals surface area contributed by atoms with E-state index in [9.17, 15) is 9.59 Å². The monoisotopic (exact) mass is 415 g/mol. The van der Waals surface area contributed by atoms with Crippen LogP contribution >= 0.6 is 23.1 Å². The van der Waals surface area contributed by atoms with Gasteiger partial charge in [-0.3, -0.25) is 14.2 Å². The first-order valence-corrected chi connectivity index (χ1v) is 11.4. The van der Waals surface area contributed by atoms with E-state index in [1.807, 2.05) is 67.4 Å². The van der Waals surface area contributed by atoms with E-state index in [1.54, 1.807) is 4.57 Å². The van der Waals surface area contributed by atoms with Crippen molar-refractivity contribution in [1.82, 2.24) is 14.5 Å². The lowest BCUT2D eigenvalue weighted by molar-refractivity contribution is -0.128. The predicted octanol–water partition coefficient (Wildman–Crippen LogP) is 4.57. The molecule has 0 fully saturated rings. The van der Waals surface area contributed by atoms with Crippen molar-refractivity contribution in [1.29, 1.82) is 0 Å². The first-order valence-electron chi connectivity index (χ1n) is 9.49. The molecule has 0 radical (unpaired) electrons. The van der Waals surface area contributed by atoms with E-state index in [-0.39, 0.29) is 23.3 Å². The number of fused-ring (bicyclic) bond motifs is 1. The van der Waals surface area contributed by atoms with Gasteiger partial charge >= 0.3 is 0 Å². The molecule has 1 atom stereocenters. The summed E-state index contributed by atoms with van der Waals surface area (Å²) in [5, 5.41) is 2.51. The van der Waals surface area contributed by atoms with Crippen LogP contribution in [0.3, 0.4) is 0 Å². The molecular weight excluding hydrogens is 390 g/mol. The van der Waals surface area contributed by atoms with Crippen LogP contribution in [0.1, 0.15) is 38.8 Å². The number of thioether (sulfide) groups is 1. The number of hydrogen-bond donors (Lipinski definition) is 0. The lowest BCUT2D eigenvalue weighted by Gasteiger charge is -2.22. The minimum atomic E-state index is -0.0130. The van der Waals surface area contributed by atoms with Gasteiger partial charge in [-0.15, -0.1) is 11.3 Å². The number of aromatic nitrogens is 2. The smallest absolute Gasteiger partial charge is 0.272 e. The average Bonchev–Trinajstić information content (AvgIpc) is 3.19. The Morgan fingerprint density at radius 3 is 2.68 bits per heavy atom. The molecule has 28 heavy (non-hydrogen) atoms. The molecule has 0 bridgehead atoms. The molecule has 0 N–H and O–H groups in total. The molecular formula is C21H25N3O2S2. The average molecular weight is 416 g/mol. The summed E-state index contributed by atoms with van der Waals surface area (Å²) in [7, 11) is 0. The first kappa shape index (κ1) is 20.6. The fraction of sp³-hybridized carbons (Fsp3) is 0.381. The van der Waals surface area contributed by atoms with Crippen LogP contribution in [0.4, 0.5) is 0 Å². The van der Waals surface area contributed by atoms with Crippen LogP contribution in [0.25, 0.3) is 10.2 Å². The van der Waals surface area contributed by atoms with Gasteiger partial charge < -0.3 is 4.90 Å². The van der Waals surface area contributed by atoms with Crippen LogP contribution in [-0.2, 0) is 11.3 Å². The van der Waals surface area contributed by atoms with E-state index in [4.69, 9.17) is 0 Å². The van der Waals surface area contributed by atoms with E-state index in [1.165, 1.54) is 23.1 Å². The molecule has 1 amide bonds. The maximum atomic E-state index is 12.9. The van der Waals surface area contributed by atoms with Crippen molar-refractivity contribution in [3.63, 3.8) is 0 Å². The largest absolute Gasteiger partial charge is 0.338 e. The second-order valence-electron chi connectivity index (χ2n) is 6.64. The highest BCUT2D eigenvalue weighted by Gasteiger charge is 2.19. The topological polar surface area (TPSA) is 55.2 Å². The van der Waals surface area contributed by atoms with Gasteiger partial charge in [-0.25, -0.2) is 4.98 Å². The molecule has 5 nitrogen and oxygen atoms in total. The zero-order chi connectivity index (χ0) is 20.1. The van der Waals surface area contributed by atoms with Gasteiger partial charge in [-0.1, -0.05) is 49.0 Å². The zero-order valence-electron chi connectivity index (χ0n) is 16.4. The summed E-state index contributed by atoms with van der Waals surface area (Å²) >= 11 is 2.77. The molecule has 7 heteroatoms. The molecule has 148 valence electrons. The Labute approximate surface area is 173 Å². The highest BCUT2D eigenvalue weighted by Crippen LogP contribution is 2.24. The molecule has 0 aliphatic heterocycles. The van der Waals surface area contributed by atoms with Crippen LogP contribution in [0.15, 0.2) is 51.7 Å². The normalized spacial score (nSPS) is 12.2. The standard InChI is InChI=1S/C21H25N3O2S2/c1-4-15(3)24-20(26)19-17(11-12-27-19)22-21(24)28-14-18(25)23(5-2)13-16-9-7-6-8-10-16/h6-12,15H,4-5,13-14H2,1-3H3/t15-/m0/s1. The van der Waals surface area contributed by atoms with Crippen molar-refractivity contribution in [3.05, 3.63) is 57.7 Å². The van der Waals surface area contributed by atoms with Crippen molar-refractivity contribution in [2.24, 2.45) is 0 Å². The fourth-order valence-corrected chi connectivity index (χ4v) is 4.74. The number of nitrogens with zero attached hydrogens (tertiary/aromatic N) is 3. The molecule has 0 saturated carbocycles. The third-order valence-corrected chi connectivity index (χ3v) is 6.62. The van der Waals surface area contributed by atoms with Crippen molar-refractivity contribution in [3.8, 4) is 0 Å². The summed E-state index contributed by atoms with van der Waals surface area (Å²) in [4.78, 5) is 32.2. The molecule has 1 aromatic carbocycles. The van der Waals surface area contributed by atoms with Crippen molar-refractivity contribution in [2.45, 2.75) is 44.9 Å². The van der Waals surface area contributed by atoms with Gasteiger partial charge in [-0.05, 0) is 37.3 Å². The molecule has 0 spiro atoms. The second-order valence-corrected chi connectivity index (χ2v) is 8.50. The van der Waals surface area contributed by atoms with Crippen LogP contribution in [0.2, 0.25) is 0 Å². The first-order chi connectivity index (χ1) is 13.5. The summed E-state index contributed by atoms with van der Waals surface area (Å²) in [6.07, 6.45) is 0.828. The quantitative estimate of drug-likeness (QED) is 0.399. The molecule has 2 aromatic heterocycles. The molecule has 0 aliphatic carbocycles. The number of amides is 1. The van der Waals surface area contributed by atoms with Crippen LogP contribution < -0.4 is 5.56 Å². The highest BCUT2D eigenvalue weighted by atomic mass is 32.2. The number of rotatable bonds is 8. The Hall–Kier alpha value is -2.12. The maximum absolute atomic E-state index is 12.9. The Morgan fingerprint density at radius 1 is 1.25 bits per heavy atom.